The summed E-state index contributed by atoms with van der Waals surface area (Å²) >= 11 is 12.1. The molecule has 1 amide bonds. The molecule has 1 saturated heterocycles. The lowest BCUT2D eigenvalue weighted by atomic mass is 10.2. The number of carbonyl (C=O) groups is 1. The summed E-state index contributed by atoms with van der Waals surface area (Å²) in [6.45, 7) is 3.58. The largest absolute Gasteiger partial charge is 0.373 e. The van der Waals surface area contributed by atoms with Gasteiger partial charge in [0.25, 0.3) is 0 Å². The Labute approximate surface area is 130 Å². The van der Waals surface area contributed by atoms with Crippen molar-refractivity contribution in [2.45, 2.75) is 38.6 Å². The predicted molar refractivity (Wildman–Crippen MR) is 84.6 cm³/mol. The van der Waals surface area contributed by atoms with E-state index in [4.69, 9.17) is 23.2 Å². The van der Waals surface area contributed by atoms with E-state index in [1.54, 1.807) is 6.07 Å². The van der Waals surface area contributed by atoms with Crippen LogP contribution in [0.4, 0.5) is 5.69 Å². The van der Waals surface area contributed by atoms with Gasteiger partial charge in [-0.2, -0.15) is 0 Å². The van der Waals surface area contributed by atoms with Crippen LogP contribution >= 0.6 is 23.2 Å². The Balaban J connectivity index is 2.01. The number of halogens is 2. The number of benzene rings is 1. The van der Waals surface area contributed by atoms with Gasteiger partial charge in [0.05, 0.1) is 15.7 Å². The molecule has 0 bridgehead atoms. The molecule has 20 heavy (non-hydrogen) atoms. The van der Waals surface area contributed by atoms with E-state index in [9.17, 15) is 4.79 Å². The van der Waals surface area contributed by atoms with Crippen LogP contribution in [-0.2, 0) is 4.79 Å². The second kappa shape index (κ2) is 7.19. The van der Waals surface area contributed by atoms with E-state index in [-0.39, 0.29) is 11.9 Å². The highest BCUT2D eigenvalue weighted by Crippen LogP contribution is 2.30. The van der Waals surface area contributed by atoms with Gasteiger partial charge in [0.15, 0.2) is 0 Å². The number of nitrogens with one attached hydrogen (secondary N) is 1. The highest BCUT2D eigenvalue weighted by Gasteiger charge is 2.22. The van der Waals surface area contributed by atoms with Crippen molar-refractivity contribution in [1.82, 2.24) is 4.90 Å². The molecule has 1 aliphatic heterocycles. The Morgan fingerprint density at radius 3 is 2.50 bits per heavy atom. The summed E-state index contributed by atoms with van der Waals surface area (Å²) in [5.41, 5.74) is 0.704. The van der Waals surface area contributed by atoms with Crippen molar-refractivity contribution in [3.63, 3.8) is 0 Å². The number of anilines is 1. The van der Waals surface area contributed by atoms with Gasteiger partial charge in [-0.15, -0.1) is 0 Å². The summed E-state index contributed by atoms with van der Waals surface area (Å²) in [6, 6.07) is 5.08. The lowest BCUT2D eigenvalue weighted by molar-refractivity contribution is -0.131. The molecule has 0 aromatic heterocycles. The summed E-state index contributed by atoms with van der Waals surface area (Å²) < 4.78 is 0. The van der Waals surface area contributed by atoms with Crippen LogP contribution in [0.2, 0.25) is 10.0 Å². The summed E-state index contributed by atoms with van der Waals surface area (Å²) in [6.07, 6.45) is 4.62. The average molecular weight is 315 g/mol. The highest BCUT2D eigenvalue weighted by molar-refractivity contribution is 6.43. The summed E-state index contributed by atoms with van der Waals surface area (Å²) in [4.78, 5) is 14.4. The Bertz CT molecular complexity index is 471. The number of rotatable bonds is 3. The zero-order chi connectivity index (χ0) is 14.5. The third-order valence-electron chi connectivity index (χ3n) is 3.61. The van der Waals surface area contributed by atoms with Gasteiger partial charge in [-0.05, 0) is 31.9 Å². The first kappa shape index (κ1) is 15.5. The van der Waals surface area contributed by atoms with Crippen LogP contribution in [0.3, 0.4) is 0 Å². The lowest BCUT2D eigenvalue weighted by Gasteiger charge is -2.25. The van der Waals surface area contributed by atoms with E-state index in [0.717, 1.165) is 25.9 Å². The maximum absolute atomic E-state index is 12.4. The van der Waals surface area contributed by atoms with Crippen LogP contribution in [0.15, 0.2) is 18.2 Å². The van der Waals surface area contributed by atoms with Crippen molar-refractivity contribution in [2.24, 2.45) is 0 Å². The maximum Gasteiger partial charge on any atom is 0.244 e. The van der Waals surface area contributed by atoms with Crippen molar-refractivity contribution in [3.8, 4) is 0 Å². The average Bonchev–Trinajstić information content (AvgIpc) is 2.72. The third kappa shape index (κ3) is 3.80. The van der Waals surface area contributed by atoms with Gasteiger partial charge >= 0.3 is 0 Å². The normalized spacial score (nSPS) is 17.4. The zero-order valence-corrected chi connectivity index (χ0v) is 13.2. The van der Waals surface area contributed by atoms with E-state index in [2.05, 4.69) is 5.32 Å². The molecule has 110 valence electrons. The van der Waals surface area contributed by atoms with Crippen molar-refractivity contribution < 1.29 is 4.79 Å². The molecule has 1 heterocycles. The fraction of sp³-hybridized carbons (Fsp3) is 0.533. The monoisotopic (exact) mass is 314 g/mol. The molecule has 1 aliphatic rings. The number of nitrogens with zero attached hydrogens (tertiary/aromatic N) is 1. The van der Waals surface area contributed by atoms with Crippen LogP contribution in [0, 0.1) is 0 Å². The fourth-order valence-electron chi connectivity index (χ4n) is 2.48. The smallest absolute Gasteiger partial charge is 0.244 e. The zero-order valence-electron chi connectivity index (χ0n) is 11.7. The molecular weight excluding hydrogens is 295 g/mol. The number of hydrogen-bond acceptors (Lipinski definition) is 2. The van der Waals surface area contributed by atoms with Crippen LogP contribution < -0.4 is 5.32 Å². The molecule has 0 spiro atoms. The first-order chi connectivity index (χ1) is 9.59. The van der Waals surface area contributed by atoms with E-state index in [0.29, 0.717) is 15.7 Å². The van der Waals surface area contributed by atoms with Gasteiger partial charge in [0.2, 0.25) is 5.91 Å². The van der Waals surface area contributed by atoms with Crippen LogP contribution in [0.25, 0.3) is 0 Å². The van der Waals surface area contributed by atoms with Crippen molar-refractivity contribution >= 4 is 34.8 Å². The molecule has 1 atom stereocenters. The van der Waals surface area contributed by atoms with Gasteiger partial charge in [-0.1, -0.05) is 42.1 Å². The maximum atomic E-state index is 12.4. The molecular formula is C15H20Cl2N2O. The molecule has 2 rings (SSSR count). The Morgan fingerprint density at radius 2 is 1.85 bits per heavy atom. The molecule has 0 saturated carbocycles. The molecule has 1 aromatic carbocycles. The Kier molecular flexibility index (Phi) is 5.55. The van der Waals surface area contributed by atoms with Crippen molar-refractivity contribution in [1.29, 1.82) is 0 Å². The van der Waals surface area contributed by atoms with Crippen molar-refractivity contribution in [3.05, 3.63) is 28.2 Å². The van der Waals surface area contributed by atoms with Gasteiger partial charge < -0.3 is 10.2 Å². The summed E-state index contributed by atoms with van der Waals surface area (Å²) in [7, 11) is 0. The van der Waals surface area contributed by atoms with E-state index in [1.165, 1.54) is 12.8 Å². The summed E-state index contributed by atoms with van der Waals surface area (Å²) in [5, 5.41) is 4.12. The number of likely N-dealkylation sites (tertiary alicyclic amines) is 1. The standard InChI is InChI=1S/C15H20Cl2N2O/c1-11(15(20)19-9-4-2-3-5-10-19)18-13-8-6-7-12(16)14(13)17/h6-8,11,18H,2-5,9-10H2,1H3. The van der Waals surface area contributed by atoms with E-state index >= 15 is 0 Å². The summed E-state index contributed by atoms with van der Waals surface area (Å²) in [5.74, 6) is 0.128. The third-order valence-corrected chi connectivity index (χ3v) is 4.43. The topological polar surface area (TPSA) is 32.3 Å². The second-order valence-corrected chi connectivity index (χ2v) is 5.99. The lowest BCUT2D eigenvalue weighted by Crippen LogP contribution is -2.41. The first-order valence-electron chi connectivity index (χ1n) is 7.09. The Morgan fingerprint density at radius 1 is 1.20 bits per heavy atom. The van der Waals surface area contributed by atoms with Crippen LogP contribution in [0.5, 0.6) is 0 Å². The van der Waals surface area contributed by atoms with Gasteiger partial charge in [-0.25, -0.2) is 0 Å². The van der Waals surface area contributed by atoms with Gasteiger partial charge in [0, 0.05) is 13.1 Å². The fourth-order valence-corrected chi connectivity index (χ4v) is 2.83. The molecule has 1 unspecified atom stereocenters. The predicted octanol–water partition coefficient (Wildman–Crippen LogP) is 4.20. The van der Waals surface area contributed by atoms with Gasteiger partial charge in [0.1, 0.15) is 6.04 Å². The Hall–Kier alpha value is -0.930. The minimum atomic E-state index is -0.302. The second-order valence-electron chi connectivity index (χ2n) is 5.21. The van der Waals surface area contributed by atoms with E-state index < -0.39 is 0 Å². The van der Waals surface area contributed by atoms with Crippen molar-refractivity contribution in [2.75, 3.05) is 18.4 Å². The molecule has 0 aliphatic carbocycles. The van der Waals surface area contributed by atoms with E-state index in [1.807, 2.05) is 24.0 Å². The van der Waals surface area contributed by atoms with Crippen LogP contribution in [0.1, 0.15) is 32.6 Å². The molecule has 5 heteroatoms. The quantitative estimate of drug-likeness (QED) is 0.907. The number of amides is 1. The number of hydrogen-bond donors (Lipinski definition) is 1. The van der Waals surface area contributed by atoms with Crippen LogP contribution in [-0.4, -0.2) is 29.9 Å². The first-order valence-corrected chi connectivity index (χ1v) is 7.84. The number of carbonyl (C=O) groups excluding carboxylic acids is 1. The molecule has 1 aromatic rings. The minimum absolute atomic E-state index is 0.128. The minimum Gasteiger partial charge on any atom is -0.373 e. The molecule has 3 nitrogen and oxygen atoms in total. The molecule has 0 radical (unpaired) electrons. The van der Waals surface area contributed by atoms with Gasteiger partial charge in [-0.3, -0.25) is 4.79 Å². The SMILES string of the molecule is CC(Nc1cccc(Cl)c1Cl)C(=O)N1CCCCCC1. The molecule has 1 fully saturated rings. The highest BCUT2D eigenvalue weighted by atomic mass is 35.5. The molecule has 1 N–H and O–H groups in total.